The number of carbonyl (C=O) groups excluding carboxylic acids is 1. The minimum atomic E-state index is -0.825. The van der Waals surface area contributed by atoms with Crippen LogP contribution in [0, 0.1) is 12.8 Å². The van der Waals surface area contributed by atoms with Crippen molar-refractivity contribution in [2.75, 3.05) is 17.7 Å². The van der Waals surface area contributed by atoms with Gasteiger partial charge in [0.15, 0.2) is 0 Å². The van der Waals surface area contributed by atoms with Gasteiger partial charge in [-0.2, -0.15) is 0 Å². The lowest BCUT2D eigenvalue weighted by Gasteiger charge is -2.31. The highest BCUT2D eigenvalue weighted by atomic mass is 32.2. The zero-order valence-electron chi connectivity index (χ0n) is 15.9. The van der Waals surface area contributed by atoms with Crippen molar-refractivity contribution < 1.29 is 19.4 Å². The number of thioether (sulfide) groups is 1. The number of rotatable bonds is 7. The normalized spacial score (nSPS) is 19.2. The van der Waals surface area contributed by atoms with E-state index in [1.807, 2.05) is 55.5 Å². The highest BCUT2D eigenvalue weighted by Gasteiger charge is 2.33. The van der Waals surface area contributed by atoms with Crippen LogP contribution < -0.4 is 5.32 Å². The first-order valence-corrected chi connectivity index (χ1v) is 10.6. The number of benzene rings is 2. The fourth-order valence-corrected chi connectivity index (χ4v) is 4.06. The number of carbonyl (C=O) groups is 2. The standard InChI is InChI=1S/C22H25NO4S/c1-15-7-9-17(10-8-15)21-19(6-3-11-27-21)22(26)23-18-5-2-4-16(12-18)13-28-14-20(24)25/h2,4-5,7-10,12,19,21H,3,6,11,13-14H2,1H3,(H,23,26)(H,24,25). The number of aliphatic carboxylic acids is 1. The molecule has 2 N–H and O–H groups in total. The Morgan fingerprint density at radius 2 is 2.00 bits per heavy atom. The molecule has 5 nitrogen and oxygen atoms in total. The van der Waals surface area contributed by atoms with Gasteiger partial charge in [-0.15, -0.1) is 11.8 Å². The van der Waals surface area contributed by atoms with Crippen LogP contribution in [0.25, 0.3) is 0 Å². The molecule has 0 saturated carbocycles. The summed E-state index contributed by atoms with van der Waals surface area (Å²) in [6, 6.07) is 15.7. The Balaban J connectivity index is 1.67. The number of ether oxygens (including phenoxy) is 1. The topological polar surface area (TPSA) is 75.6 Å². The SMILES string of the molecule is Cc1ccc(C2OCCCC2C(=O)Nc2cccc(CSCC(=O)O)c2)cc1. The van der Waals surface area contributed by atoms with Gasteiger partial charge in [0.2, 0.25) is 5.91 Å². The maximum atomic E-state index is 13.0. The number of carboxylic acids is 1. The van der Waals surface area contributed by atoms with Gasteiger partial charge in [-0.1, -0.05) is 42.0 Å². The van der Waals surface area contributed by atoms with Crippen LogP contribution in [-0.4, -0.2) is 29.3 Å². The predicted molar refractivity (Wildman–Crippen MR) is 111 cm³/mol. The molecule has 28 heavy (non-hydrogen) atoms. The minimum Gasteiger partial charge on any atom is -0.481 e. The Morgan fingerprint density at radius 3 is 2.75 bits per heavy atom. The molecule has 0 aromatic heterocycles. The van der Waals surface area contributed by atoms with Crippen LogP contribution in [0.1, 0.15) is 35.6 Å². The number of carboxylic acid groups (broad SMARTS) is 1. The van der Waals surface area contributed by atoms with E-state index in [4.69, 9.17) is 9.84 Å². The van der Waals surface area contributed by atoms with Crippen molar-refractivity contribution in [3.05, 3.63) is 65.2 Å². The third-order valence-electron chi connectivity index (χ3n) is 4.75. The van der Waals surface area contributed by atoms with E-state index in [-0.39, 0.29) is 23.7 Å². The van der Waals surface area contributed by atoms with Gasteiger partial charge in [-0.3, -0.25) is 9.59 Å². The smallest absolute Gasteiger partial charge is 0.313 e. The average molecular weight is 400 g/mol. The third-order valence-corrected chi connectivity index (χ3v) is 5.74. The Morgan fingerprint density at radius 1 is 1.21 bits per heavy atom. The van der Waals surface area contributed by atoms with Gasteiger partial charge in [-0.05, 0) is 43.0 Å². The summed E-state index contributed by atoms with van der Waals surface area (Å²) in [5, 5.41) is 11.8. The van der Waals surface area contributed by atoms with Gasteiger partial charge in [0.05, 0.1) is 17.8 Å². The van der Waals surface area contributed by atoms with Crippen LogP contribution in [0.4, 0.5) is 5.69 Å². The average Bonchev–Trinajstić information content (AvgIpc) is 2.68. The van der Waals surface area contributed by atoms with E-state index in [0.29, 0.717) is 12.4 Å². The quantitative estimate of drug-likeness (QED) is 0.721. The molecule has 148 valence electrons. The Bertz CT molecular complexity index is 822. The molecule has 0 aliphatic carbocycles. The van der Waals surface area contributed by atoms with Crippen LogP contribution in [0.5, 0.6) is 0 Å². The lowest BCUT2D eigenvalue weighted by molar-refractivity contribution is -0.134. The van der Waals surface area contributed by atoms with Crippen LogP contribution in [-0.2, 0) is 20.1 Å². The molecule has 2 aromatic rings. The molecule has 1 saturated heterocycles. The van der Waals surface area contributed by atoms with Crippen molar-refractivity contribution >= 4 is 29.3 Å². The van der Waals surface area contributed by atoms with Gasteiger partial charge < -0.3 is 15.2 Å². The summed E-state index contributed by atoms with van der Waals surface area (Å²) in [7, 11) is 0. The number of hydrogen-bond acceptors (Lipinski definition) is 4. The van der Waals surface area contributed by atoms with E-state index in [0.717, 1.165) is 29.7 Å². The molecule has 1 heterocycles. The summed E-state index contributed by atoms with van der Waals surface area (Å²) >= 11 is 1.34. The first kappa shape index (κ1) is 20.4. The lowest BCUT2D eigenvalue weighted by Crippen LogP contribution is -2.33. The van der Waals surface area contributed by atoms with Gasteiger partial charge in [0.1, 0.15) is 0 Å². The van der Waals surface area contributed by atoms with E-state index in [1.54, 1.807) is 0 Å². The fourth-order valence-electron chi connectivity index (χ4n) is 3.36. The molecule has 1 aliphatic rings. The Kier molecular flexibility index (Phi) is 7.12. The number of hydrogen-bond donors (Lipinski definition) is 2. The summed E-state index contributed by atoms with van der Waals surface area (Å²) in [6.07, 6.45) is 1.42. The van der Waals surface area contributed by atoms with Crippen molar-refractivity contribution in [3.63, 3.8) is 0 Å². The zero-order chi connectivity index (χ0) is 19.9. The van der Waals surface area contributed by atoms with Crippen molar-refractivity contribution in [2.45, 2.75) is 31.6 Å². The monoisotopic (exact) mass is 399 g/mol. The van der Waals surface area contributed by atoms with Crippen LogP contribution in [0.15, 0.2) is 48.5 Å². The molecule has 6 heteroatoms. The van der Waals surface area contributed by atoms with E-state index in [2.05, 4.69) is 5.32 Å². The molecular formula is C22H25NO4S. The second kappa shape index (κ2) is 9.75. The van der Waals surface area contributed by atoms with Crippen LogP contribution >= 0.6 is 11.8 Å². The van der Waals surface area contributed by atoms with Crippen molar-refractivity contribution in [1.82, 2.24) is 0 Å². The fraction of sp³-hybridized carbons (Fsp3) is 0.364. The molecule has 1 aliphatic heterocycles. The molecule has 2 atom stereocenters. The summed E-state index contributed by atoms with van der Waals surface area (Å²) in [5.74, 6) is -0.445. The van der Waals surface area contributed by atoms with Crippen molar-refractivity contribution in [2.24, 2.45) is 5.92 Å². The summed E-state index contributed by atoms with van der Waals surface area (Å²) < 4.78 is 5.95. The highest BCUT2D eigenvalue weighted by Crippen LogP contribution is 2.34. The molecule has 1 amide bonds. The van der Waals surface area contributed by atoms with Gasteiger partial charge in [0.25, 0.3) is 0 Å². The Labute approximate surface area is 169 Å². The highest BCUT2D eigenvalue weighted by molar-refractivity contribution is 7.99. The van der Waals surface area contributed by atoms with Crippen LogP contribution in [0.2, 0.25) is 0 Å². The number of amides is 1. The van der Waals surface area contributed by atoms with E-state index < -0.39 is 5.97 Å². The predicted octanol–water partition coefficient (Wildman–Crippen LogP) is 4.42. The number of anilines is 1. The minimum absolute atomic E-state index is 0.0411. The van der Waals surface area contributed by atoms with Gasteiger partial charge >= 0.3 is 5.97 Å². The Hall–Kier alpha value is -2.31. The second-order valence-corrected chi connectivity index (χ2v) is 8.01. The third kappa shape index (κ3) is 5.59. The van der Waals surface area contributed by atoms with E-state index >= 15 is 0 Å². The summed E-state index contributed by atoms with van der Waals surface area (Å²) in [5.41, 5.74) is 3.92. The van der Waals surface area contributed by atoms with E-state index in [9.17, 15) is 9.59 Å². The molecule has 2 unspecified atom stereocenters. The molecular weight excluding hydrogens is 374 g/mol. The lowest BCUT2D eigenvalue weighted by atomic mass is 9.88. The van der Waals surface area contributed by atoms with Crippen LogP contribution in [0.3, 0.4) is 0 Å². The first-order valence-electron chi connectivity index (χ1n) is 9.40. The van der Waals surface area contributed by atoms with Crippen molar-refractivity contribution in [1.29, 1.82) is 0 Å². The van der Waals surface area contributed by atoms with E-state index in [1.165, 1.54) is 17.3 Å². The largest absolute Gasteiger partial charge is 0.481 e. The second-order valence-electron chi connectivity index (χ2n) is 7.03. The first-order chi connectivity index (χ1) is 13.5. The number of nitrogens with one attached hydrogen (secondary N) is 1. The molecule has 0 spiro atoms. The van der Waals surface area contributed by atoms with Gasteiger partial charge in [0, 0.05) is 18.0 Å². The molecule has 3 rings (SSSR count). The molecule has 2 aromatic carbocycles. The summed E-state index contributed by atoms with van der Waals surface area (Å²) in [6.45, 7) is 2.70. The molecule has 0 bridgehead atoms. The molecule has 0 radical (unpaired) electrons. The zero-order valence-corrected chi connectivity index (χ0v) is 16.7. The molecule has 1 fully saturated rings. The number of aryl methyl sites for hydroxylation is 1. The summed E-state index contributed by atoms with van der Waals surface area (Å²) in [4.78, 5) is 23.6. The maximum absolute atomic E-state index is 13.0. The van der Waals surface area contributed by atoms with Crippen molar-refractivity contribution in [3.8, 4) is 0 Å². The van der Waals surface area contributed by atoms with Gasteiger partial charge in [-0.25, -0.2) is 0 Å². The maximum Gasteiger partial charge on any atom is 0.313 e.